The highest BCUT2D eigenvalue weighted by atomic mass is 16.4. The van der Waals surface area contributed by atoms with Crippen molar-refractivity contribution in [1.29, 1.82) is 0 Å². The molecule has 0 aromatic carbocycles. The summed E-state index contributed by atoms with van der Waals surface area (Å²) >= 11 is 0. The van der Waals surface area contributed by atoms with E-state index in [0.29, 0.717) is 6.42 Å². The molecule has 0 aromatic rings. The first kappa shape index (κ1) is 28.5. The molecule has 0 saturated carbocycles. The van der Waals surface area contributed by atoms with E-state index in [1.165, 1.54) is 6.92 Å². The first-order valence-electron chi connectivity index (χ1n) is 9.66. The number of aliphatic hydroxyl groups excluding tert-OH is 1. The maximum atomic E-state index is 12.3. The second-order valence-corrected chi connectivity index (χ2v) is 6.86. The molecule has 0 radical (unpaired) electrons. The summed E-state index contributed by atoms with van der Waals surface area (Å²) in [5.41, 5.74) is 16.1. The lowest BCUT2D eigenvalue weighted by Crippen LogP contribution is -2.57. The topological polar surface area (TPSA) is 273 Å². The number of rotatable bonds is 15. The molecule has 0 bridgehead atoms. The third-order valence-electron chi connectivity index (χ3n) is 4.13. The van der Waals surface area contributed by atoms with Gasteiger partial charge in [-0.15, -0.1) is 0 Å². The zero-order valence-electron chi connectivity index (χ0n) is 17.6. The molecule has 0 aliphatic rings. The Morgan fingerprint density at radius 3 is 2.00 bits per heavy atom. The van der Waals surface area contributed by atoms with Crippen molar-refractivity contribution in [3.05, 3.63) is 0 Å². The summed E-state index contributed by atoms with van der Waals surface area (Å²) in [6.07, 6.45) is -0.239. The van der Waals surface area contributed by atoms with Crippen LogP contribution in [0.3, 0.4) is 0 Å². The highest BCUT2D eigenvalue weighted by Gasteiger charge is 2.28. The van der Waals surface area contributed by atoms with Crippen LogP contribution in [0.15, 0.2) is 4.99 Å². The number of aliphatic carboxylic acids is 2. The van der Waals surface area contributed by atoms with Gasteiger partial charge in [-0.3, -0.25) is 24.2 Å². The Kier molecular flexibility index (Phi) is 13.0. The Labute approximate surface area is 183 Å². The molecule has 182 valence electrons. The Hall–Kier alpha value is -3.46. The number of carboxylic acids is 2. The fourth-order valence-corrected chi connectivity index (χ4v) is 2.32. The number of carboxylic acid groups (broad SMARTS) is 2. The second kappa shape index (κ2) is 14.5. The molecule has 0 aliphatic carbocycles. The second-order valence-electron chi connectivity index (χ2n) is 6.86. The van der Waals surface area contributed by atoms with Crippen LogP contribution in [-0.2, 0) is 24.0 Å². The molecule has 0 heterocycles. The largest absolute Gasteiger partial charge is 0.481 e. The Morgan fingerprint density at radius 1 is 0.906 bits per heavy atom. The molecule has 12 N–H and O–H groups in total. The van der Waals surface area contributed by atoms with E-state index in [-0.39, 0.29) is 25.3 Å². The van der Waals surface area contributed by atoms with Gasteiger partial charge in [0.1, 0.15) is 18.1 Å². The molecule has 0 aliphatic heterocycles. The zero-order valence-corrected chi connectivity index (χ0v) is 17.6. The van der Waals surface area contributed by atoms with Crippen molar-refractivity contribution in [3.63, 3.8) is 0 Å². The summed E-state index contributed by atoms with van der Waals surface area (Å²) in [4.78, 5) is 62.0. The van der Waals surface area contributed by atoms with Crippen LogP contribution in [-0.4, -0.2) is 88.3 Å². The normalized spacial score (nSPS) is 14.2. The van der Waals surface area contributed by atoms with Crippen LogP contribution in [0.1, 0.15) is 32.6 Å². The van der Waals surface area contributed by atoms with Crippen LogP contribution >= 0.6 is 0 Å². The average Bonchev–Trinajstić information content (AvgIpc) is 2.70. The number of carbonyl (C=O) groups excluding carboxylic acids is 3. The minimum absolute atomic E-state index is 0.102. The van der Waals surface area contributed by atoms with Gasteiger partial charge in [-0.1, -0.05) is 0 Å². The molecule has 0 fully saturated rings. The fraction of sp³-hybridized carbons (Fsp3) is 0.647. The van der Waals surface area contributed by atoms with Crippen molar-refractivity contribution < 1.29 is 39.3 Å². The lowest BCUT2D eigenvalue weighted by molar-refractivity contribution is -0.143. The third-order valence-corrected chi connectivity index (χ3v) is 4.13. The van der Waals surface area contributed by atoms with E-state index >= 15 is 0 Å². The summed E-state index contributed by atoms with van der Waals surface area (Å²) in [6, 6.07) is -5.13. The van der Waals surface area contributed by atoms with Crippen LogP contribution < -0.4 is 33.2 Å². The number of guanidine groups is 1. The smallest absolute Gasteiger partial charge is 0.326 e. The van der Waals surface area contributed by atoms with Crippen LogP contribution in [0.4, 0.5) is 0 Å². The summed E-state index contributed by atoms with van der Waals surface area (Å²) < 4.78 is 0. The molecule has 0 aromatic heterocycles. The number of aliphatic imine (C=N–C) groups is 1. The minimum atomic E-state index is -1.47. The number of hydrogen-bond acceptors (Lipinski definition) is 8. The van der Waals surface area contributed by atoms with E-state index in [4.69, 9.17) is 27.4 Å². The number of nitrogens with two attached hydrogens (primary N) is 3. The van der Waals surface area contributed by atoms with E-state index in [2.05, 4.69) is 20.9 Å². The lowest BCUT2D eigenvalue weighted by atomic mass is 10.1. The van der Waals surface area contributed by atoms with Crippen molar-refractivity contribution in [2.24, 2.45) is 22.2 Å². The van der Waals surface area contributed by atoms with Crippen LogP contribution in [0, 0.1) is 0 Å². The quantitative estimate of drug-likeness (QED) is 0.0640. The highest BCUT2D eigenvalue weighted by molar-refractivity contribution is 5.94. The summed E-state index contributed by atoms with van der Waals surface area (Å²) in [7, 11) is 0. The standard InChI is InChI=1S/C17H31N7O8/c1-8(13(28)23-10(16(31)32)4-5-12(26)27)22-15(30)11(7-25)24-14(29)9(18)3-2-6-21-17(19)20/h8-11,25H,2-7,18H2,1H3,(H,22,30)(H,23,28)(H,24,29)(H,26,27)(H,31,32)(H4,19,20,21). The zero-order chi connectivity index (χ0) is 24.8. The van der Waals surface area contributed by atoms with Gasteiger partial charge in [0, 0.05) is 13.0 Å². The van der Waals surface area contributed by atoms with Gasteiger partial charge >= 0.3 is 11.9 Å². The molecule has 15 nitrogen and oxygen atoms in total. The van der Waals surface area contributed by atoms with Gasteiger partial charge in [-0.25, -0.2) is 4.79 Å². The van der Waals surface area contributed by atoms with Gasteiger partial charge in [-0.05, 0) is 26.2 Å². The monoisotopic (exact) mass is 461 g/mol. The molecule has 0 rings (SSSR count). The molecule has 15 heteroatoms. The molecule has 0 spiro atoms. The molecular weight excluding hydrogens is 430 g/mol. The molecule has 3 amide bonds. The van der Waals surface area contributed by atoms with Gasteiger partial charge in [0.15, 0.2) is 5.96 Å². The van der Waals surface area contributed by atoms with Crippen LogP contribution in [0.25, 0.3) is 0 Å². The highest BCUT2D eigenvalue weighted by Crippen LogP contribution is 2.00. The van der Waals surface area contributed by atoms with E-state index in [1.54, 1.807) is 0 Å². The summed E-state index contributed by atoms with van der Waals surface area (Å²) in [5.74, 6) is -5.30. The molecular formula is C17H31N7O8. The Balaban J connectivity index is 4.74. The van der Waals surface area contributed by atoms with E-state index in [1.807, 2.05) is 0 Å². The van der Waals surface area contributed by atoms with E-state index < -0.39 is 66.9 Å². The van der Waals surface area contributed by atoms with Crippen LogP contribution in [0.5, 0.6) is 0 Å². The first-order chi connectivity index (χ1) is 14.9. The Bertz CT molecular complexity index is 711. The Morgan fingerprint density at radius 2 is 1.50 bits per heavy atom. The number of hydrogen-bond donors (Lipinski definition) is 9. The van der Waals surface area contributed by atoms with Crippen molar-refractivity contribution >= 4 is 35.6 Å². The average molecular weight is 461 g/mol. The van der Waals surface area contributed by atoms with E-state index in [0.717, 1.165) is 0 Å². The number of amides is 3. The lowest BCUT2D eigenvalue weighted by Gasteiger charge is -2.22. The van der Waals surface area contributed by atoms with Crippen molar-refractivity contribution in [2.45, 2.75) is 56.8 Å². The maximum absolute atomic E-state index is 12.3. The summed E-state index contributed by atoms with van der Waals surface area (Å²) in [6.45, 7) is 0.710. The van der Waals surface area contributed by atoms with Gasteiger partial charge in [0.25, 0.3) is 0 Å². The number of carbonyl (C=O) groups is 5. The molecule has 4 atom stereocenters. The van der Waals surface area contributed by atoms with Crippen molar-refractivity contribution in [3.8, 4) is 0 Å². The fourth-order valence-electron chi connectivity index (χ4n) is 2.32. The number of nitrogens with zero attached hydrogens (tertiary/aromatic N) is 1. The first-order valence-corrected chi connectivity index (χ1v) is 9.66. The van der Waals surface area contributed by atoms with Gasteiger partial charge < -0.3 is 48.5 Å². The third kappa shape index (κ3) is 11.7. The predicted octanol–water partition coefficient (Wildman–Crippen LogP) is -4.22. The van der Waals surface area contributed by atoms with Gasteiger partial charge in [-0.2, -0.15) is 0 Å². The van der Waals surface area contributed by atoms with Gasteiger partial charge in [0.05, 0.1) is 12.6 Å². The van der Waals surface area contributed by atoms with Crippen molar-refractivity contribution in [2.75, 3.05) is 13.2 Å². The maximum Gasteiger partial charge on any atom is 0.326 e. The van der Waals surface area contributed by atoms with Gasteiger partial charge in [0.2, 0.25) is 17.7 Å². The van der Waals surface area contributed by atoms with Crippen LogP contribution in [0.2, 0.25) is 0 Å². The molecule has 32 heavy (non-hydrogen) atoms. The predicted molar refractivity (Wildman–Crippen MR) is 111 cm³/mol. The van der Waals surface area contributed by atoms with E-state index in [9.17, 15) is 29.1 Å². The van der Waals surface area contributed by atoms with Crippen molar-refractivity contribution in [1.82, 2.24) is 16.0 Å². The SMILES string of the molecule is CC(NC(=O)C(CO)NC(=O)C(N)CCCN=C(N)N)C(=O)NC(CCC(=O)O)C(=O)O. The summed E-state index contributed by atoms with van der Waals surface area (Å²) in [5, 5.41) is 33.7. The molecule has 4 unspecified atom stereocenters. The minimum Gasteiger partial charge on any atom is -0.481 e. The number of aliphatic hydroxyl groups is 1. The molecule has 0 saturated heterocycles. The number of nitrogens with one attached hydrogen (secondary N) is 3.